The molecule has 0 bridgehead atoms. The Morgan fingerprint density at radius 1 is 1.19 bits per heavy atom. The van der Waals surface area contributed by atoms with Gasteiger partial charge in [0.05, 0.1) is 11.7 Å². The summed E-state index contributed by atoms with van der Waals surface area (Å²) in [5.74, 6) is 0. The Morgan fingerprint density at radius 2 is 1.81 bits per heavy atom. The molecule has 0 saturated heterocycles. The van der Waals surface area contributed by atoms with Gasteiger partial charge in [-0.15, -0.1) is 0 Å². The lowest BCUT2D eigenvalue weighted by Crippen LogP contribution is -2.21. The summed E-state index contributed by atoms with van der Waals surface area (Å²) < 4.78 is 0. The molecule has 0 heterocycles. The first-order valence-electron chi connectivity index (χ1n) is 5.69. The average molecular weight is 234 g/mol. The van der Waals surface area contributed by atoms with Crippen molar-refractivity contribution in [3.63, 3.8) is 0 Å². The van der Waals surface area contributed by atoms with Crippen molar-refractivity contribution in [3.8, 4) is 0 Å². The van der Waals surface area contributed by atoms with Crippen LogP contribution in [0.1, 0.15) is 19.4 Å². The predicted molar refractivity (Wildman–Crippen MR) is 73.6 cm³/mol. The molecule has 0 spiro atoms. The minimum atomic E-state index is 0.730. The van der Waals surface area contributed by atoms with Crippen LogP contribution < -0.4 is 4.90 Å². The monoisotopic (exact) mass is 234 g/mol. The molecule has 1 aromatic rings. The lowest BCUT2D eigenvalue weighted by Gasteiger charge is -2.21. The Bertz CT molecular complexity index is 349. The molecule has 0 aliphatic heterocycles. The van der Waals surface area contributed by atoms with Gasteiger partial charge in [0.25, 0.3) is 0 Å². The summed E-state index contributed by atoms with van der Waals surface area (Å²) in [5.41, 5.74) is 2.58. The molecular formula is C13H18N2S. The van der Waals surface area contributed by atoms with Crippen LogP contribution in [0.5, 0.6) is 0 Å². The van der Waals surface area contributed by atoms with Gasteiger partial charge in [0.1, 0.15) is 0 Å². The fourth-order valence-electron chi connectivity index (χ4n) is 1.69. The van der Waals surface area contributed by atoms with Gasteiger partial charge in [-0.3, -0.25) is 0 Å². The molecule has 16 heavy (non-hydrogen) atoms. The third-order valence-corrected chi connectivity index (χ3v) is 2.77. The van der Waals surface area contributed by atoms with E-state index in [2.05, 4.69) is 65.4 Å². The van der Waals surface area contributed by atoms with Crippen LogP contribution in [0.4, 0.5) is 5.69 Å². The van der Waals surface area contributed by atoms with Crippen molar-refractivity contribution in [2.24, 2.45) is 4.99 Å². The first-order valence-corrected chi connectivity index (χ1v) is 6.10. The quantitative estimate of drug-likeness (QED) is 0.555. The lowest BCUT2D eigenvalue weighted by molar-refractivity contribution is 0.865. The number of aliphatic imine (C=N–C) groups is 1. The second-order valence-electron chi connectivity index (χ2n) is 3.56. The second-order valence-corrected chi connectivity index (χ2v) is 3.74. The molecule has 1 aromatic carbocycles. The smallest absolute Gasteiger partial charge is 0.0585 e. The highest BCUT2D eigenvalue weighted by Gasteiger charge is 2.00. The van der Waals surface area contributed by atoms with Gasteiger partial charge in [0.2, 0.25) is 0 Å². The van der Waals surface area contributed by atoms with E-state index in [0.717, 1.165) is 26.1 Å². The van der Waals surface area contributed by atoms with Crippen molar-refractivity contribution in [1.82, 2.24) is 0 Å². The number of isothiocyanates is 1. The summed E-state index contributed by atoms with van der Waals surface area (Å²) in [5, 5.41) is 2.39. The summed E-state index contributed by atoms with van der Waals surface area (Å²) >= 11 is 4.53. The van der Waals surface area contributed by atoms with Crippen LogP contribution >= 0.6 is 12.2 Å². The Hall–Kier alpha value is -1.18. The van der Waals surface area contributed by atoms with Gasteiger partial charge in [-0.25, -0.2) is 4.99 Å². The highest BCUT2D eigenvalue weighted by molar-refractivity contribution is 7.78. The SMILES string of the molecule is CCN(CC)c1ccc(CCN=C=S)cc1. The van der Waals surface area contributed by atoms with Crippen LogP contribution in [-0.4, -0.2) is 24.8 Å². The van der Waals surface area contributed by atoms with Gasteiger partial charge < -0.3 is 4.90 Å². The van der Waals surface area contributed by atoms with E-state index in [1.807, 2.05) is 0 Å². The normalized spacial score (nSPS) is 9.62. The van der Waals surface area contributed by atoms with Crippen LogP contribution in [0.15, 0.2) is 29.3 Å². The molecule has 1 rings (SSSR count). The van der Waals surface area contributed by atoms with Crippen LogP contribution in [0.25, 0.3) is 0 Å². The van der Waals surface area contributed by atoms with E-state index < -0.39 is 0 Å². The maximum Gasteiger partial charge on any atom is 0.0585 e. The molecule has 0 fully saturated rings. The molecule has 0 N–H and O–H groups in total. The fraction of sp³-hybridized carbons (Fsp3) is 0.462. The lowest BCUT2D eigenvalue weighted by atomic mass is 10.1. The van der Waals surface area contributed by atoms with Crippen molar-refractivity contribution in [2.45, 2.75) is 20.3 Å². The summed E-state index contributed by atoms with van der Waals surface area (Å²) in [6, 6.07) is 8.66. The van der Waals surface area contributed by atoms with E-state index in [-0.39, 0.29) is 0 Å². The van der Waals surface area contributed by atoms with E-state index in [9.17, 15) is 0 Å². The molecular weight excluding hydrogens is 216 g/mol. The van der Waals surface area contributed by atoms with Gasteiger partial charge in [-0.05, 0) is 50.2 Å². The molecule has 0 aliphatic rings. The van der Waals surface area contributed by atoms with Crippen LogP contribution in [0, 0.1) is 0 Å². The molecule has 0 amide bonds. The number of nitrogens with zero attached hydrogens (tertiary/aromatic N) is 2. The minimum absolute atomic E-state index is 0.730. The zero-order valence-electron chi connectivity index (χ0n) is 9.94. The highest BCUT2D eigenvalue weighted by atomic mass is 32.1. The number of thiocarbonyl (C=S) groups is 1. The molecule has 2 nitrogen and oxygen atoms in total. The van der Waals surface area contributed by atoms with E-state index in [1.54, 1.807) is 0 Å². The average Bonchev–Trinajstić information content (AvgIpc) is 2.33. The standard InChI is InChI=1S/C13H18N2S/c1-3-15(4-2)13-7-5-12(6-8-13)9-10-14-11-16/h5-8H,3-4,9-10H2,1-2H3. The van der Waals surface area contributed by atoms with E-state index >= 15 is 0 Å². The zero-order valence-corrected chi connectivity index (χ0v) is 10.8. The third-order valence-electron chi connectivity index (χ3n) is 2.64. The Labute approximate surface area is 103 Å². The Kier molecular flexibility index (Phi) is 5.76. The van der Waals surface area contributed by atoms with E-state index in [1.165, 1.54) is 11.3 Å². The molecule has 3 heteroatoms. The third kappa shape index (κ3) is 3.76. The number of benzene rings is 1. The van der Waals surface area contributed by atoms with Crippen molar-refractivity contribution >= 4 is 23.1 Å². The highest BCUT2D eigenvalue weighted by Crippen LogP contribution is 2.15. The van der Waals surface area contributed by atoms with Crippen molar-refractivity contribution in [2.75, 3.05) is 24.5 Å². The largest absolute Gasteiger partial charge is 0.372 e. The molecule has 0 unspecified atom stereocenters. The van der Waals surface area contributed by atoms with Gasteiger partial charge in [-0.1, -0.05) is 12.1 Å². The molecule has 86 valence electrons. The summed E-state index contributed by atoms with van der Waals surface area (Å²) in [7, 11) is 0. The summed E-state index contributed by atoms with van der Waals surface area (Å²) in [6.07, 6.45) is 0.933. The van der Waals surface area contributed by atoms with E-state index in [4.69, 9.17) is 0 Å². The Balaban J connectivity index is 2.63. The van der Waals surface area contributed by atoms with Crippen LogP contribution in [-0.2, 0) is 6.42 Å². The number of rotatable bonds is 6. The van der Waals surface area contributed by atoms with Gasteiger partial charge >= 0.3 is 0 Å². The summed E-state index contributed by atoms with van der Waals surface area (Å²) in [4.78, 5) is 6.24. The Morgan fingerprint density at radius 3 is 2.31 bits per heavy atom. The van der Waals surface area contributed by atoms with Crippen molar-refractivity contribution in [3.05, 3.63) is 29.8 Å². The molecule has 0 atom stereocenters. The molecule has 0 aromatic heterocycles. The van der Waals surface area contributed by atoms with Crippen LogP contribution in [0.3, 0.4) is 0 Å². The second kappa shape index (κ2) is 7.15. The maximum atomic E-state index is 4.53. The maximum absolute atomic E-state index is 4.53. The van der Waals surface area contributed by atoms with Gasteiger partial charge in [0, 0.05) is 18.8 Å². The summed E-state index contributed by atoms with van der Waals surface area (Å²) in [6.45, 7) is 7.17. The topological polar surface area (TPSA) is 15.6 Å². The first-order chi connectivity index (χ1) is 7.81. The van der Waals surface area contributed by atoms with Gasteiger partial charge in [-0.2, -0.15) is 0 Å². The zero-order chi connectivity index (χ0) is 11.8. The predicted octanol–water partition coefficient (Wildman–Crippen LogP) is 3.18. The number of hydrogen-bond acceptors (Lipinski definition) is 3. The fourth-order valence-corrected chi connectivity index (χ4v) is 1.78. The van der Waals surface area contributed by atoms with Crippen LogP contribution in [0.2, 0.25) is 0 Å². The van der Waals surface area contributed by atoms with Crippen molar-refractivity contribution < 1.29 is 0 Å². The van der Waals surface area contributed by atoms with Gasteiger partial charge in [0.15, 0.2) is 0 Å². The first kappa shape index (κ1) is 12.9. The number of anilines is 1. The van der Waals surface area contributed by atoms with E-state index in [0.29, 0.717) is 0 Å². The molecule has 0 aliphatic carbocycles. The number of hydrogen-bond donors (Lipinski definition) is 0. The minimum Gasteiger partial charge on any atom is -0.372 e. The molecule has 0 radical (unpaired) electrons. The molecule has 0 saturated carbocycles. The van der Waals surface area contributed by atoms with Crippen molar-refractivity contribution in [1.29, 1.82) is 0 Å².